The number of Topliss-reactive ketones (excluding diaryl/α,β-unsaturated/α-hetero) is 1. The molecule has 120 valence electrons. The topological polar surface area (TPSA) is 109 Å². The third-order valence-electron chi connectivity index (χ3n) is 3.30. The maximum absolute atomic E-state index is 11.7. The van der Waals surface area contributed by atoms with Crippen LogP contribution in [0.2, 0.25) is 0 Å². The first-order chi connectivity index (χ1) is 10.4. The van der Waals surface area contributed by atoms with E-state index in [1.807, 2.05) is 0 Å². The molecule has 0 radical (unpaired) electrons. The molecular weight excluding hydrogens is 328 g/mol. The van der Waals surface area contributed by atoms with Gasteiger partial charge in [0.1, 0.15) is 0 Å². The molecule has 1 saturated heterocycles. The van der Waals surface area contributed by atoms with Crippen molar-refractivity contribution in [2.24, 2.45) is 5.92 Å². The van der Waals surface area contributed by atoms with Crippen LogP contribution in [0.5, 0.6) is 0 Å². The first kappa shape index (κ1) is 16.6. The summed E-state index contributed by atoms with van der Waals surface area (Å²) in [6.45, 7) is 0. The second kappa shape index (κ2) is 7.01. The Labute approximate surface area is 132 Å². The van der Waals surface area contributed by atoms with Crippen molar-refractivity contribution >= 4 is 38.8 Å². The van der Waals surface area contributed by atoms with Crippen molar-refractivity contribution in [3.05, 3.63) is 22.4 Å². The lowest BCUT2D eigenvalue weighted by atomic mass is 10.1. The number of hydrogen-bond acceptors (Lipinski definition) is 6. The van der Waals surface area contributed by atoms with Gasteiger partial charge in [-0.25, -0.2) is 8.42 Å². The molecule has 0 spiro atoms. The fraction of sp³-hybridized carbons (Fsp3) is 0.462. The average Bonchev–Trinajstić information content (AvgIpc) is 3.11. The average molecular weight is 344 g/mol. The van der Waals surface area contributed by atoms with Gasteiger partial charge in [-0.3, -0.25) is 25.2 Å². The molecule has 1 aliphatic heterocycles. The first-order valence-corrected chi connectivity index (χ1v) is 9.43. The Morgan fingerprint density at radius 1 is 1.23 bits per heavy atom. The molecule has 2 heterocycles. The van der Waals surface area contributed by atoms with Crippen LogP contribution in [0.3, 0.4) is 0 Å². The van der Waals surface area contributed by atoms with Crippen LogP contribution in [-0.2, 0) is 19.4 Å². The molecule has 2 N–H and O–H groups in total. The van der Waals surface area contributed by atoms with E-state index in [0.717, 1.165) is 0 Å². The van der Waals surface area contributed by atoms with Crippen molar-refractivity contribution in [2.75, 3.05) is 11.5 Å². The minimum absolute atomic E-state index is 0.00561. The van der Waals surface area contributed by atoms with Gasteiger partial charge < -0.3 is 0 Å². The molecule has 1 aromatic rings. The van der Waals surface area contributed by atoms with E-state index in [1.54, 1.807) is 17.5 Å². The van der Waals surface area contributed by atoms with Gasteiger partial charge in [0, 0.05) is 12.8 Å². The third-order valence-corrected chi connectivity index (χ3v) is 5.98. The lowest BCUT2D eigenvalue weighted by Crippen LogP contribution is -2.44. The number of hydrogen-bond donors (Lipinski definition) is 2. The van der Waals surface area contributed by atoms with Crippen LogP contribution in [0.4, 0.5) is 0 Å². The summed E-state index contributed by atoms with van der Waals surface area (Å²) in [5.74, 6) is -1.95. The minimum atomic E-state index is -3.14. The molecule has 0 aromatic carbocycles. The summed E-state index contributed by atoms with van der Waals surface area (Å²) in [6, 6.07) is 3.45. The summed E-state index contributed by atoms with van der Waals surface area (Å²) < 4.78 is 22.5. The van der Waals surface area contributed by atoms with E-state index in [-0.39, 0.29) is 36.6 Å². The molecule has 2 amide bonds. The molecule has 22 heavy (non-hydrogen) atoms. The molecule has 1 aliphatic rings. The number of rotatable bonds is 5. The highest BCUT2D eigenvalue weighted by atomic mass is 32.2. The second-order valence-electron chi connectivity index (χ2n) is 5.04. The maximum atomic E-state index is 11.7. The minimum Gasteiger partial charge on any atom is -0.293 e. The van der Waals surface area contributed by atoms with Gasteiger partial charge in [-0.05, 0) is 17.9 Å². The van der Waals surface area contributed by atoms with Gasteiger partial charge in [-0.15, -0.1) is 11.3 Å². The Balaban J connectivity index is 1.69. The van der Waals surface area contributed by atoms with E-state index in [9.17, 15) is 22.8 Å². The van der Waals surface area contributed by atoms with Gasteiger partial charge in [0.15, 0.2) is 15.6 Å². The van der Waals surface area contributed by atoms with E-state index in [1.165, 1.54) is 11.3 Å². The number of ketones is 1. The number of hydrazine groups is 1. The van der Waals surface area contributed by atoms with Crippen LogP contribution in [0.15, 0.2) is 17.5 Å². The van der Waals surface area contributed by atoms with Crippen molar-refractivity contribution in [1.82, 2.24) is 10.9 Å². The van der Waals surface area contributed by atoms with Crippen LogP contribution in [0.1, 0.15) is 28.9 Å². The number of thiophene rings is 1. The second-order valence-corrected chi connectivity index (χ2v) is 8.21. The van der Waals surface area contributed by atoms with E-state index in [4.69, 9.17) is 0 Å². The molecule has 2 rings (SSSR count). The van der Waals surface area contributed by atoms with Crippen molar-refractivity contribution in [3.8, 4) is 0 Å². The molecule has 0 bridgehead atoms. The number of nitrogens with one attached hydrogen (secondary N) is 2. The fourth-order valence-electron chi connectivity index (χ4n) is 2.09. The Morgan fingerprint density at radius 3 is 2.59 bits per heavy atom. The monoisotopic (exact) mass is 344 g/mol. The van der Waals surface area contributed by atoms with Gasteiger partial charge in [0.2, 0.25) is 11.8 Å². The zero-order valence-electron chi connectivity index (χ0n) is 11.7. The lowest BCUT2D eigenvalue weighted by Gasteiger charge is -2.10. The van der Waals surface area contributed by atoms with Crippen molar-refractivity contribution in [3.63, 3.8) is 0 Å². The van der Waals surface area contributed by atoms with Gasteiger partial charge in [-0.2, -0.15) is 0 Å². The highest BCUT2D eigenvalue weighted by Crippen LogP contribution is 2.18. The molecule has 1 aromatic heterocycles. The standard InChI is InChI=1S/C13H16N2O5S2/c16-10(11-2-1-6-21-11)3-4-12(17)14-15-13(18)9-5-7-22(19,20)8-9/h1-2,6,9H,3-5,7-8H2,(H,14,17)(H,15,18)/t9-/m0/s1. The van der Waals surface area contributed by atoms with Crippen LogP contribution < -0.4 is 10.9 Å². The molecule has 0 aliphatic carbocycles. The predicted molar refractivity (Wildman–Crippen MR) is 80.9 cm³/mol. The predicted octanol–water partition coefficient (Wildman–Crippen LogP) is 0.293. The maximum Gasteiger partial charge on any atom is 0.242 e. The Kier molecular flexibility index (Phi) is 5.30. The lowest BCUT2D eigenvalue weighted by molar-refractivity contribution is -0.130. The summed E-state index contributed by atoms with van der Waals surface area (Å²) in [4.78, 5) is 35.6. The van der Waals surface area contributed by atoms with Crippen molar-refractivity contribution < 1.29 is 22.8 Å². The summed E-state index contributed by atoms with van der Waals surface area (Å²) in [5, 5.41) is 1.78. The highest BCUT2D eigenvalue weighted by Gasteiger charge is 2.33. The largest absolute Gasteiger partial charge is 0.293 e. The van der Waals surface area contributed by atoms with E-state index in [2.05, 4.69) is 10.9 Å². The summed E-state index contributed by atoms with van der Waals surface area (Å²) in [6.07, 6.45) is 0.279. The summed E-state index contributed by atoms with van der Waals surface area (Å²) in [5.41, 5.74) is 4.41. The number of carbonyl (C=O) groups excluding carboxylic acids is 3. The Morgan fingerprint density at radius 2 is 2.00 bits per heavy atom. The van der Waals surface area contributed by atoms with E-state index in [0.29, 0.717) is 4.88 Å². The molecule has 9 heteroatoms. The fourth-order valence-corrected chi connectivity index (χ4v) is 4.52. The number of amides is 2. The molecule has 1 fully saturated rings. The highest BCUT2D eigenvalue weighted by molar-refractivity contribution is 7.91. The zero-order valence-corrected chi connectivity index (χ0v) is 13.3. The van der Waals surface area contributed by atoms with Gasteiger partial charge in [-0.1, -0.05) is 6.07 Å². The number of carbonyl (C=O) groups is 3. The normalized spacial score (nSPS) is 19.5. The van der Waals surface area contributed by atoms with Crippen molar-refractivity contribution in [1.29, 1.82) is 0 Å². The van der Waals surface area contributed by atoms with Crippen LogP contribution in [0.25, 0.3) is 0 Å². The zero-order chi connectivity index (χ0) is 16.2. The van der Waals surface area contributed by atoms with Gasteiger partial charge in [0.05, 0.1) is 22.3 Å². The van der Waals surface area contributed by atoms with E-state index < -0.39 is 27.6 Å². The molecule has 7 nitrogen and oxygen atoms in total. The number of sulfone groups is 1. The Bertz CT molecular complexity index is 667. The quantitative estimate of drug-likeness (QED) is 0.589. The van der Waals surface area contributed by atoms with Gasteiger partial charge >= 0.3 is 0 Å². The summed E-state index contributed by atoms with van der Waals surface area (Å²) >= 11 is 1.31. The third kappa shape index (κ3) is 4.63. The molecule has 0 unspecified atom stereocenters. The van der Waals surface area contributed by atoms with Gasteiger partial charge in [0.25, 0.3) is 0 Å². The SMILES string of the molecule is O=C(CCC(=O)c1cccs1)NNC(=O)[C@H]1CCS(=O)(=O)C1. The molecule has 0 saturated carbocycles. The molecule has 1 atom stereocenters. The van der Waals surface area contributed by atoms with E-state index >= 15 is 0 Å². The molecular formula is C13H16N2O5S2. The van der Waals surface area contributed by atoms with Crippen LogP contribution in [-0.4, -0.2) is 37.5 Å². The van der Waals surface area contributed by atoms with Crippen LogP contribution in [0, 0.1) is 5.92 Å². The Hall–Kier alpha value is -1.74. The first-order valence-electron chi connectivity index (χ1n) is 6.73. The smallest absolute Gasteiger partial charge is 0.242 e. The van der Waals surface area contributed by atoms with Crippen LogP contribution >= 0.6 is 11.3 Å². The van der Waals surface area contributed by atoms with Crippen molar-refractivity contribution in [2.45, 2.75) is 19.3 Å². The summed E-state index contributed by atoms with van der Waals surface area (Å²) in [7, 11) is -3.14.